The number of amides is 1. The largest absolute Gasteiger partial charge is 0.321 e. The highest BCUT2D eigenvalue weighted by Gasteiger charge is 2.08. The van der Waals surface area contributed by atoms with Crippen molar-refractivity contribution in [3.8, 4) is 0 Å². The van der Waals surface area contributed by atoms with Crippen LogP contribution in [-0.4, -0.2) is 15.7 Å². The van der Waals surface area contributed by atoms with Crippen LogP contribution in [0.3, 0.4) is 0 Å². The third-order valence-corrected chi connectivity index (χ3v) is 2.52. The van der Waals surface area contributed by atoms with E-state index in [0.717, 1.165) is 10.2 Å². The molecule has 0 atom stereocenters. The SMILES string of the molecule is Cn1ccc(C(=O)Nc2cccc(Br)c2)n1. The van der Waals surface area contributed by atoms with Crippen molar-refractivity contribution >= 4 is 27.5 Å². The van der Waals surface area contributed by atoms with Crippen molar-refractivity contribution in [2.24, 2.45) is 7.05 Å². The second-order valence-corrected chi connectivity index (χ2v) is 4.25. The predicted molar refractivity (Wildman–Crippen MR) is 65.3 cm³/mol. The molecule has 0 fully saturated rings. The van der Waals surface area contributed by atoms with Gasteiger partial charge in [-0.1, -0.05) is 22.0 Å². The molecular formula is C11H10BrN3O. The molecule has 0 aliphatic heterocycles. The molecular weight excluding hydrogens is 270 g/mol. The van der Waals surface area contributed by atoms with Gasteiger partial charge in [0.15, 0.2) is 5.69 Å². The molecule has 0 aliphatic rings. The molecule has 16 heavy (non-hydrogen) atoms. The molecule has 1 aromatic heterocycles. The minimum atomic E-state index is -0.210. The molecule has 2 rings (SSSR count). The minimum Gasteiger partial charge on any atom is -0.321 e. The third kappa shape index (κ3) is 2.49. The smallest absolute Gasteiger partial charge is 0.276 e. The maximum atomic E-state index is 11.7. The van der Waals surface area contributed by atoms with Gasteiger partial charge in [-0.3, -0.25) is 9.48 Å². The Hall–Kier alpha value is -1.62. The van der Waals surface area contributed by atoms with Crippen LogP contribution in [0.5, 0.6) is 0 Å². The van der Waals surface area contributed by atoms with Gasteiger partial charge in [0.05, 0.1) is 0 Å². The Bertz CT molecular complexity index is 521. The summed E-state index contributed by atoms with van der Waals surface area (Å²) in [6, 6.07) is 9.09. The summed E-state index contributed by atoms with van der Waals surface area (Å²) in [7, 11) is 1.77. The summed E-state index contributed by atoms with van der Waals surface area (Å²) >= 11 is 3.34. The number of nitrogens with one attached hydrogen (secondary N) is 1. The molecule has 1 heterocycles. The summed E-state index contributed by atoms with van der Waals surface area (Å²) in [4.78, 5) is 11.7. The first-order chi connectivity index (χ1) is 7.65. The lowest BCUT2D eigenvalue weighted by molar-refractivity contribution is 0.102. The van der Waals surface area contributed by atoms with Crippen molar-refractivity contribution in [3.05, 3.63) is 46.7 Å². The number of halogens is 1. The summed E-state index contributed by atoms with van der Waals surface area (Å²) in [6.07, 6.45) is 1.73. The minimum absolute atomic E-state index is 0.210. The highest BCUT2D eigenvalue weighted by molar-refractivity contribution is 9.10. The fourth-order valence-electron chi connectivity index (χ4n) is 1.30. The van der Waals surface area contributed by atoms with Crippen LogP contribution in [0.1, 0.15) is 10.5 Å². The fourth-order valence-corrected chi connectivity index (χ4v) is 1.70. The highest BCUT2D eigenvalue weighted by Crippen LogP contribution is 2.16. The van der Waals surface area contributed by atoms with Crippen molar-refractivity contribution in [1.29, 1.82) is 0 Å². The van der Waals surface area contributed by atoms with Gasteiger partial charge in [-0.15, -0.1) is 0 Å². The quantitative estimate of drug-likeness (QED) is 0.918. The zero-order valence-corrected chi connectivity index (χ0v) is 10.2. The lowest BCUT2D eigenvalue weighted by Crippen LogP contribution is -2.12. The van der Waals surface area contributed by atoms with Crippen molar-refractivity contribution < 1.29 is 4.79 Å². The second-order valence-electron chi connectivity index (χ2n) is 3.34. The number of hydrogen-bond acceptors (Lipinski definition) is 2. The van der Waals surface area contributed by atoms with Crippen LogP contribution in [0.25, 0.3) is 0 Å². The Morgan fingerprint density at radius 1 is 1.44 bits per heavy atom. The highest BCUT2D eigenvalue weighted by atomic mass is 79.9. The van der Waals surface area contributed by atoms with E-state index < -0.39 is 0 Å². The first kappa shape index (κ1) is 10.9. The molecule has 1 N–H and O–H groups in total. The number of aromatic nitrogens is 2. The van der Waals surface area contributed by atoms with Gasteiger partial charge >= 0.3 is 0 Å². The van der Waals surface area contributed by atoms with Gasteiger partial charge in [0.25, 0.3) is 5.91 Å². The number of nitrogens with zero attached hydrogens (tertiary/aromatic N) is 2. The predicted octanol–water partition coefficient (Wildman–Crippen LogP) is 2.43. The summed E-state index contributed by atoms with van der Waals surface area (Å²) in [5, 5.41) is 6.79. The van der Waals surface area contributed by atoms with Crippen LogP contribution in [0.4, 0.5) is 5.69 Å². The van der Waals surface area contributed by atoms with E-state index in [1.54, 1.807) is 24.0 Å². The Morgan fingerprint density at radius 3 is 2.88 bits per heavy atom. The number of benzene rings is 1. The van der Waals surface area contributed by atoms with Crippen LogP contribution in [0.15, 0.2) is 41.0 Å². The summed E-state index contributed by atoms with van der Waals surface area (Å²) in [6.45, 7) is 0. The van der Waals surface area contributed by atoms with Gasteiger partial charge in [-0.2, -0.15) is 5.10 Å². The molecule has 0 saturated carbocycles. The lowest BCUT2D eigenvalue weighted by Gasteiger charge is -2.02. The maximum absolute atomic E-state index is 11.7. The van der Waals surface area contributed by atoms with Crippen molar-refractivity contribution in [2.75, 3.05) is 5.32 Å². The third-order valence-electron chi connectivity index (χ3n) is 2.03. The molecule has 0 bridgehead atoms. The number of aryl methyl sites for hydroxylation is 1. The van der Waals surface area contributed by atoms with Crippen LogP contribution >= 0.6 is 15.9 Å². The molecule has 2 aromatic rings. The number of carbonyl (C=O) groups is 1. The van der Waals surface area contributed by atoms with E-state index in [0.29, 0.717) is 5.69 Å². The molecule has 5 heteroatoms. The Kier molecular flexibility index (Phi) is 3.05. The Labute approximate surface area is 101 Å². The molecule has 1 aromatic carbocycles. The molecule has 0 aliphatic carbocycles. The first-order valence-electron chi connectivity index (χ1n) is 4.72. The van der Waals surface area contributed by atoms with E-state index in [1.165, 1.54) is 0 Å². The van der Waals surface area contributed by atoms with Gasteiger partial charge < -0.3 is 5.32 Å². The normalized spacial score (nSPS) is 10.1. The average molecular weight is 280 g/mol. The summed E-state index contributed by atoms with van der Waals surface area (Å²) in [5.41, 5.74) is 1.15. The van der Waals surface area contributed by atoms with Crippen LogP contribution in [0.2, 0.25) is 0 Å². The van der Waals surface area contributed by atoms with E-state index in [4.69, 9.17) is 0 Å². The molecule has 0 saturated heterocycles. The Balaban J connectivity index is 2.13. The Morgan fingerprint density at radius 2 is 2.25 bits per heavy atom. The number of hydrogen-bond donors (Lipinski definition) is 1. The lowest BCUT2D eigenvalue weighted by atomic mass is 10.3. The van der Waals surface area contributed by atoms with Crippen molar-refractivity contribution in [1.82, 2.24) is 9.78 Å². The molecule has 1 amide bonds. The molecule has 4 nitrogen and oxygen atoms in total. The average Bonchev–Trinajstić information content (AvgIpc) is 2.65. The maximum Gasteiger partial charge on any atom is 0.276 e. The van der Waals surface area contributed by atoms with Gasteiger partial charge in [0.1, 0.15) is 0 Å². The van der Waals surface area contributed by atoms with Gasteiger partial charge in [-0.05, 0) is 24.3 Å². The van der Waals surface area contributed by atoms with E-state index in [1.807, 2.05) is 24.3 Å². The number of anilines is 1. The fraction of sp³-hybridized carbons (Fsp3) is 0.0909. The molecule has 0 spiro atoms. The zero-order chi connectivity index (χ0) is 11.5. The molecule has 0 radical (unpaired) electrons. The molecule has 0 unspecified atom stereocenters. The molecule has 82 valence electrons. The number of rotatable bonds is 2. The van der Waals surface area contributed by atoms with E-state index in [-0.39, 0.29) is 5.91 Å². The topological polar surface area (TPSA) is 46.9 Å². The van der Waals surface area contributed by atoms with E-state index in [2.05, 4.69) is 26.3 Å². The van der Waals surface area contributed by atoms with Gasteiger partial charge in [-0.25, -0.2) is 0 Å². The zero-order valence-electron chi connectivity index (χ0n) is 8.64. The van der Waals surface area contributed by atoms with Crippen LogP contribution in [0, 0.1) is 0 Å². The second kappa shape index (κ2) is 4.49. The first-order valence-corrected chi connectivity index (χ1v) is 5.51. The summed E-state index contributed by atoms with van der Waals surface area (Å²) in [5.74, 6) is -0.210. The number of carbonyl (C=O) groups excluding carboxylic acids is 1. The van der Waals surface area contributed by atoms with Gasteiger partial charge in [0, 0.05) is 23.4 Å². The van der Waals surface area contributed by atoms with E-state index >= 15 is 0 Å². The monoisotopic (exact) mass is 279 g/mol. The van der Waals surface area contributed by atoms with E-state index in [9.17, 15) is 4.79 Å². The van der Waals surface area contributed by atoms with Crippen LogP contribution < -0.4 is 5.32 Å². The van der Waals surface area contributed by atoms with Crippen molar-refractivity contribution in [3.63, 3.8) is 0 Å². The van der Waals surface area contributed by atoms with Gasteiger partial charge in [0.2, 0.25) is 0 Å². The van der Waals surface area contributed by atoms with Crippen molar-refractivity contribution in [2.45, 2.75) is 0 Å². The summed E-state index contributed by atoms with van der Waals surface area (Å²) < 4.78 is 2.52. The standard InChI is InChI=1S/C11H10BrN3O/c1-15-6-5-10(14-15)11(16)13-9-4-2-3-8(12)7-9/h2-7H,1H3,(H,13,16). The van der Waals surface area contributed by atoms with Crippen LogP contribution in [-0.2, 0) is 7.05 Å².